The summed E-state index contributed by atoms with van der Waals surface area (Å²) in [5, 5.41) is 2.78. The fourth-order valence-electron chi connectivity index (χ4n) is 2.41. The first-order chi connectivity index (χ1) is 11.1. The van der Waals surface area contributed by atoms with Gasteiger partial charge in [0.15, 0.2) is 5.58 Å². The number of amides is 1. The molecule has 1 aromatic heterocycles. The molecule has 0 saturated heterocycles. The maximum Gasteiger partial charge on any atom is 0.419 e. The Balaban J connectivity index is 1.89. The van der Waals surface area contributed by atoms with Gasteiger partial charge in [0, 0.05) is 23.9 Å². The maximum atomic E-state index is 12.3. The van der Waals surface area contributed by atoms with Crippen LogP contribution in [0.1, 0.15) is 17.3 Å². The number of nitrogens with one attached hydrogen (secondary N) is 1. The number of hydrogen-bond donors (Lipinski definition) is 1. The van der Waals surface area contributed by atoms with Gasteiger partial charge in [0.1, 0.15) is 5.75 Å². The highest BCUT2D eigenvalue weighted by Gasteiger charge is 2.11. The average molecular weight is 312 g/mol. The Morgan fingerprint density at radius 3 is 2.83 bits per heavy atom. The molecule has 23 heavy (non-hydrogen) atoms. The third-order valence-electron chi connectivity index (χ3n) is 3.57. The number of aromatic nitrogens is 1. The van der Waals surface area contributed by atoms with Gasteiger partial charge >= 0.3 is 5.76 Å². The number of anilines is 1. The molecule has 3 rings (SSSR count). The van der Waals surface area contributed by atoms with Gasteiger partial charge in [-0.25, -0.2) is 4.79 Å². The van der Waals surface area contributed by atoms with E-state index in [-0.39, 0.29) is 5.91 Å². The number of aryl methyl sites for hydroxylation is 1. The normalized spacial score (nSPS) is 10.7. The van der Waals surface area contributed by atoms with Gasteiger partial charge in [0.2, 0.25) is 0 Å². The largest absolute Gasteiger partial charge is 0.497 e. The predicted molar refractivity (Wildman–Crippen MR) is 87.1 cm³/mol. The minimum atomic E-state index is -0.404. The summed E-state index contributed by atoms with van der Waals surface area (Å²) in [5.74, 6) is -0.0570. The summed E-state index contributed by atoms with van der Waals surface area (Å²) < 4.78 is 11.8. The zero-order valence-corrected chi connectivity index (χ0v) is 12.8. The molecule has 1 heterocycles. The van der Waals surface area contributed by atoms with Gasteiger partial charge in [-0.05, 0) is 37.3 Å². The van der Waals surface area contributed by atoms with Gasteiger partial charge in [-0.2, -0.15) is 0 Å². The van der Waals surface area contributed by atoms with Crippen LogP contribution in [0.25, 0.3) is 11.1 Å². The Labute approximate surface area is 132 Å². The number of fused-ring (bicyclic) bond motifs is 1. The predicted octanol–water partition coefficient (Wildman–Crippen LogP) is 2.88. The van der Waals surface area contributed by atoms with Gasteiger partial charge in [0.05, 0.1) is 12.6 Å². The fourth-order valence-corrected chi connectivity index (χ4v) is 2.41. The molecule has 0 unspecified atom stereocenters. The lowest BCUT2D eigenvalue weighted by Gasteiger charge is -2.07. The van der Waals surface area contributed by atoms with Crippen LogP contribution in [0.15, 0.2) is 51.7 Å². The van der Waals surface area contributed by atoms with Crippen LogP contribution < -0.4 is 15.8 Å². The molecule has 0 radical (unpaired) electrons. The van der Waals surface area contributed by atoms with Crippen LogP contribution in [0, 0.1) is 0 Å². The Bertz CT molecular complexity index is 924. The maximum absolute atomic E-state index is 12.3. The summed E-state index contributed by atoms with van der Waals surface area (Å²) in [4.78, 5) is 24.0. The Hall–Kier alpha value is -3.02. The number of rotatable bonds is 4. The van der Waals surface area contributed by atoms with Crippen LogP contribution in [0.3, 0.4) is 0 Å². The first-order valence-electron chi connectivity index (χ1n) is 7.21. The number of nitrogens with zero attached hydrogens (tertiary/aromatic N) is 1. The molecule has 0 atom stereocenters. The number of methoxy groups -OCH3 is 1. The van der Waals surface area contributed by atoms with Crippen molar-refractivity contribution < 1.29 is 13.9 Å². The lowest BCUT2D eigenvalue weighted by Crippen LogP contribution is -2.12. The van der Waals surface area contributed by atoms with Crippen LogP contribution >= 0.6 is 0 Å². The molecule has 0 saturated carbocycles. The van der Waals surface area contributed by atoms with E-state index in [1.807, 2.05) is 6.92 Å². The van der Waals surface area contributed by atoms with Crippen molar-refractivity contribution in [3.8, 4) is 5.75 Å². The Morgan fingerprint density at radius 1 is 1.26 bits per heavy atom. The molecule has 0 bridgehead atoms. The van der Waals surface area contributed by atoms with Gasteiger partial charge in [-0.1, -0.05) is 6.07 Å². The van der Waals surface area contributed by atoms with E-state index >= 15 is 0 Å². The zero-order valence-electron chi connectivity index (χ0n) is 12.8. The molecular weight excluding hydrogens is 296 g/mol. The molecule has 1 N–H and O–H groups in total. The molecule has 0 fully saturated rings. The third-order valence-corrected chi connectivity index (χ3v) is 3.57. The summed E-state index contributed by atoms with van der Waals surface area (Å²) in [6.07, 6.45) is 0. The standard InChI is InChI=1S/C17H16N2O4/c1-3-19-14-8-7-12(10-15(14)23-17(19)21)18-16(20)11-5-4-6-13(9-11)22-2/h4-10H,3H2,1-2H3,(H,18,20). The lowest BCUT2D eigenvalue weighted by molar-refractivity contribution is 0.102. The third kappa shape index (κ3) is 2.83. The van der Waals surface area contributed by atoms with Crippen molar-refractivity contribution in [3.05, 3.63) is 58.6 Å². The Morgan fingerprint density at radius 2 is 2.09 bits per heavy atom. The molecule has 1 amide bonds. The molecule has 0 aliphatic carbocycles. The molecule has 118 valence electrons. The number of carbonyl (C=O) groups is 1. The molecule has 3 aromatic rings. The Kier molecular flexibility index (Phi) is 3.89. The summed E-state index contributed by atoms with van der Waals surface area (Å²) in [6, 6.07) is 12.0. The van der Waals surface area contributed by atoms with Gasteiger partial charge in [0.25, 0.3) is 5.91 Å². The zero-order chi connectivity index (χ0) is 16.4. The summed E-state index contributed by atoms with van der Waals surface area (Å²) in [5.41, 5.74) is 2.19. The van der Waals surface area contributed by atoms with E-state index in [1.165, 1.54) is 4.57 Å². The van der Waals surface area contributed by atoms with Crippen molar-refractivity contribution >= 4 is 22.7 Å². The second-order valence-corrected chi connectivity index (χ2v) is 4.98. The van der Waals surface area contributed by atoms with Gasteiger partial charge in [-0.15, -0.1) is 0 Å². The topological polar surface area (TPSA) is 73.5 Å². The summed E-state index contributed by atoms with van der Waals surface area (Å²) in [6.45, 7) is 2.40. The quantitative estimate of drug-likeness (QED) is 0.804. The molecule has 0 aliphatic rings. The van der Waals surface area contributed by atoms with E-state index in [0.717, 1.165) is 0 Å². The number of carbonyl (C=O) groups excluding carboxylic acids is 1. The molecular formula is C17H16N2O4. The first-order valence-corrected chi connectivity index (χ1v) is 7.21. The fraction of sp³-hybridized carbons (Fsp3) is 0.176. The number of hydrogen-bond acceptors (Lipinski definition) is 4. The van der Waals surface area contributed by atoms with Crippen molar-refractivity contribution in [1.82, 2.24) is 4.57 Å². The van der Waals surface area contributed by atoms with E-state index in [1.54, 1.807) is 49.6 Å². The van der Waals surface area contributed by atoms with E-state index < -0.39 is 5.76 Å². The smallest absolute Gasteiger partial charge is 0.419 e. The first kappa shape index (κ1) is 14.9. The van der Waals surface area contributed by atoms with Crippen molar-refractivity contribution in [1.29, 1.82) is 0 Å². The van der Waals surface area contributed by atoms with Crippen molar-refractivity contribution in [2.75, 3.05) is 12.4 Å². The SMILES string of the molecule is CCn1c(=O)oc2cc(NC(=O)c3cccc(OC)c3)ccc21. The van der Waals surface area contributed by atoms with E-state index in [9.17, 15) is 9.59 Å². The minimum Gasteiger partial charge on any atom is -0.497 e. The highest BCUT2D eigenvalue weighted by atomic mass is 16.5. The van der Waals surface area contributed by atoms with E-state index in [2.05, 4.69) is 5.32 Å². The van der Waals surface area contributed by atoms with Crippen LogP contribution in [0.5, 0.6) is 5.75 Å². The summed E-state index contributed by atoms with van der Waals surface area (Å²) in [7, 11) is 1.55. The van der Waals surface area contributed by atoms with E-state index in [4.69, 9.17) is 9.15 Å². The van der Waals surface area contributed by atoms with Crippen LogP contribution in [-0.2, 0) is 6.54 Å². The van der Waals surface area contributed by atoms with Crippen LogP contribution in [0.2, 0.25) is 0 Å². The molecule has 0 aliphatic heterocycles. The lowest BCUT2D eigenvalue weighted by atomic mass is 10.2. The second-order valence-electron chi connectivity index (χ2n) is 4.98. The summed E-state index contributed by atoms with van der Waals surface area (Å²) >= 11 is 0. The highest BCUT2D eigenvalue weighted by Crippen LogP contribution is 2.20. The molecule has 6 heteroatoms. The van der Waals surface area contributed by atoms with Gasteiger partial charge in [-0.3, -0.25) is 9.36 Å². The molecule has 0 spiro atoms. The van der Waals surface area contributed by atoms with Crippen molar-refractivity contribution in [2.45, 2.75) is 13.5 Å². The number of oxazole rings is 1. The number of benzene rings is 2. The minimum absolute atomic E-state index is 0.263. The number of ether oxygens (including phenoxy) is 1. The average Bonchev–Trinajstić information content (AvgIpc) is 2.89. The van der Waals surface area contributed by atoms with Crippen LogP contribution in [-0.4, -0.2) is 17.6 Å². The van der Waals surface area contributed by atoms with Crippen molar-refractivity contribution in [2.24, 2.45) is 0 Å². The van der Waals surface area contributed by atoms with Crippen molar-refractivity contribution in [3.63, 3.8) is 0 Å². The highest BCUT2D eigenvalue weighted by molar-refractivity contribution is 6.05. The molecule has 2 aromatic carbocycles. The second kappa shape index (κ2) is 6.00. The van der Waals surface area contributed by atoms with Gasteiger partial charge < -0.3 is 14.5 Å². The van der Waals surface area contributed by atoms with E-state index in [0.29, 0.717) is 34.6 Å². The monoisotopic (exact) mass is 312 g/mol. The van der Waals surface area contributed by atoms with Crippen LogP contribution in [0.4, 0.5) is 5.69 Å². The molecule has 6 nitrogen and oxygen atoms in total.